The monoisotopic (exact) mass is 627 g/mol. The van der Waals surface area contributed by atoms with Crippen molar-refractivity contribution in [1.82, 2.24) is 0 Å². The molecule has 0 bridgehead atoms. The summed E-state index contributed by atoms with van der Waals surface area (Å²) in [5.41, 5.74) is 7.75. The Morgan fingerprint density at radius 3 is 1.91 bits per heavy atom. The van der Waals surface area contributed by atoms with Crippen LogP contribution in [0.5, 0.6) is 5.75 Å². The molecule has 6 rings (SSSR count). The third kappa shape index (κ3) is 5.57. The molecule has 0 aliphatic rings. The van der Waals surface area contributed by atoms with E-state index in [1.807, 2.05) is 0 Å². The van der Waals surface area contributed by atoms with Crippen LogP contribution in [0.1, 0.15) is 0 Å². The van der Waals surface area contributed by atoms with Gasteiger partial charge in [0.05, 0.1) is 26.9 Å². The van der Waals surface area contributed by atoms with Crippen molar-refractivity contribution in [3.05, 3.63) is 97.1 Å². The molecule has 0 unspecified atom stereocenters. The largest absolute Gasteiger partial charge is 0.506 e. The van der Waals surface area contributed by atoms with Crippen molar-refractivity contribution in [3.63, 3.8) is 0 Å². The number of hydrogen-bond acceptors (Lipinski definition) is 10. The van der Waals surface area contributed by atoms with E-state index in [0.29, 0.717) is 49.4 Å². The molecule has 0 radical (unpaired) electrons. The van der Waals surface area contributed by atoms with E-state index in [1.54, 1.807) is 54.6 Å². The number of hydrogen-bond donors (Lipinski definition) is 4. The molecule has 6 aromatic carbocycles. The van der Waals surface area contributed by atoms with Gasteiger partial charge in [0, 0.05) is 27.2 Å². The number of phenolic OH excluding ortho intramolecular Hbond substituents is 1. The summed E-state index contributed by atoms with van der Waals surface area (Å²) in [5.74, 6) is -0.111. The highest BCUT2D eigenvalue weighted by atomic mass is 32.2. The molecule has 44 heavy (non-hydrogen) atoms. The molecule has 0 aromatic heterocycles. The minimum absolute atomic E-state index is 0.111. The van der Waals surface area contributed by atoms with Gasteiger partial charge in [-0.25, -0.2) is 0 Å². The summed E-state index contributed by atoms with van der Waals surface area (Å²) in [6.45, 7) is 0. The lowest BCUT2D eigenvalue weighted by Gasteiger charge is -2.08. The highest BCUT2D eigenvalue weighted by Crippen LogP contribution is 2.40. The molecule has 0 saturated heterocycles. The van der Waals surface area contributed by atoms with E-state index in [2.05, 4.69) is 20.5 Å². The first-order chi connectivity index (χ1) is 20.9. The highest BCUT2D eigenvalue weighted by molar-refractivity contribution is 7.86. The second-order valence-electron chi connectivity index (χ2n) is 9.73. The number of nitrogens with zero attached hydrogens (tertiary/aromatic N) is 4. The summed E-state index contributed by atoms with van der Waals surface area (Å²) in [6, 6.07) is 24.4. The molecule has 220 valence electrons. The van der Waals surface area contributed by atoms with Crippen molar-refractivity contribution >= 4 is 81.0 Å². The lowest BCUT2D eigenvalue weighted by molar-refractivity contribution is 0.477. The van der Waals surface area contributed by atoms with Gasteiger partial charge >= 0.3 is 0 Å². The number of anilines is 1. The predicted molar refractivity (Wildman–Crippen MR) is 166 cm³/mol. The maximum Gasteiger partial charge on any atom is 0.294 e. The zero-order valence-corrected chi connectivity index (χ0v) is 24.0. The van der Waals surface area contributed by atoms with Crippen molar-refractivity contribution in [3.8, 4) is 5.75 Å². The van der Waals surface area contributed by atoms with E-state index in [0.717, 1.165) is 0 Å². The van der Waals surface area contributed by atoms with Gasteiger partial charge in [-0.05, 0) is 77.5 Å². The van der Waals surface area contributed by atoms with Gasteiger partial charge in [-0.1, -0.05) is 30.3 Å². The van der Waals surface area contributed by atoms with E-state index in [4.69, 9.17) is 5.73 Å². The van der Waals surface area contributed by atoms with E-state index in [1.165, 1.54) is 42.5 Å². The van der Waals surface area contributed by atoms with Crippen LogP contribution in [0.3, 0.4) is 0 Å². The second-order valence-corrected chi connectivity index (χ2v) is 12.6. The summed E-state index contributed by atoms with van der Waals surface area (Å²) >= 11 is 0. The van der Waals surface area contributed by atoms with Crippen LogP contribution in [0.25, 0.3) is 32.3 Å². The van der Waals surface area contributed by atoms with Crippen LogP contribution in [-0.2, 0) is 20.2 Å². The van der Waals surface area contributed by atoms with Gasteiger partial charge in [0.2, 0.25) is 0 Å². The van der Waals surface area contributed by atoms with E-state index in [9.17, 15) is 31.0 Å². The smallest absolute Gasteiger partial charge is 0.294 e. The minimum Gasteiger partial charge on any atom is -0.506 e. The Bertz CT molecular complexity index is 2430. The molecule has 0 amide bonds. The summed E-state index contributed by atoms with van der Waals surface area (Å²) in [4.78, 5) is -0.601. The highest BCUT2D eigenvalue weighted by Gasteiger charge is 2.15. The van der Waals surface area contributed by atoms with E-state index in [-0.39, 0.29) is 26.9 Å². The Balaban J connectivity index is 1.43. The number of azo groups is 2. The quantitative estimate of drug-likeness (QED) is 0.0813. The van der Waals surface area contributed by atoms with Crippen molar-refractivity contribution in [1.29, 1.82) is 0 Å². The maximum atomic E-state index is 11.9. The SMILES string of the molecule is Nc1cccc2c(/N=N/c3ccc(/N=N/c4ccc5cc(S(=O)(=O)O)ccc5c4)c4cc(S(=O)(=O)O)ccc34)c(O)ccc12. The number of nitrogen functional groups attached to an aromatic ring is 1. The van der Waals surface area contributed by atoms with Crippen molar-refractivity contribution in [2.75, 3.05) is 5.73 Å². The van der Waals surface area contributed by atoms with E-state index < -0.39 is 20.2 Å². The average molecular weight is 628 g/mol. The minimum atomic E-state index is -4.55. The fourth-order valence-electron chi connectivity index (χ4n) is 4.74. The molecule has 0 heterocycles. The zero-order chi connectivity index (χ0) is 31.2. The first kappa shape index (κ1) is 28.8. The van der Waals surface area contributed by atoms with Crippen LogP contribution in [0.4, 0.5) is 28.4 Å². The van der Waals surface area contributed by atoms with Crippen LogP contribution in [0.2, 0.25) is 0 Å². The van der Waals surface area contributed by atoms with Gasteiger partial charge in [0.15, 0.2) is 0 Å². The van der Waals surface area contributed by atoms with Gasteiger partial charge in [-0.3, -0.25) is 9.11 Å². The summed E-state index contributed by atoms with van der Waals surface area (Å²) in [5, 5.41) is 30.9. The Kier molecular flexibility index (Phi) is 7.05. The molecule has 6 aromatic rings. The third-order valence-electron chi connectivity index (χ3n) is 6.91. The molecule has 0 aliphatic carbocycles. The van der Waals surface area contributed by atoms with Gasteiger partial charge < -0.3 is 10.8 Å². The molecule has 12 nitrogen and oxygen atoms in total. The Morgan fingerprint density at radius 1 is 0.545 bits per heavy atom. The van der Waals surface area contributed by atoms with Gasteiger partial charge in [0.1, 0.15) is 11.4 Å². The topological polar surface area (TPSA) is 204 Å². The normalized spacial score (nSPS) is 12.7. The number of aromatic hydroxyl groups is 1. The lowest BCUT2D eigenvalue weighted by Crippen LogP contribution is -1.97. The third-order valence-corrected chi connectivity index (χ3v) is 8.61. The summed E-state index contributed by atoms with van der Waals surface area (Å²) in [6.07, 6.45) is 0. The summed E-state index contributed by atoms with van der Waals surface area (Å²) in [7, 11) is -8.91. The molecule has 5 N–H and O–H groups in total. The average Bonchev–Trinajstić information content (AvgIpc) is 2.98. The second kappa shape index (κ2) is 10.8. The number of rotatable bonds is 6. The molecule has 0 fully saturated rings. The Hall–Kier alpha value is -5.28. The fraction of sp³-hybridized carbons (Fsp3) is 0. The first-order valence-electron chi connectivity index (χ1n) is 12.8. The fourth-order valence-corrected chi connectivity index (χ4v) is 5.76. The van der Waals surface area contributed by atoms with Crippen LogP contribution in [0, 0.1) is 0 Å². The van der Waals surface area contributed by atoms with E-state index >= 15 is 0 Å². The standard InChI is InChI=1S/C30H21N5O7S2/c31-26-3-1-2-24-22(26)10-13-29(36)30(24)35-34-27-11-12-28(25-16-21(44(40,41)42)8-9-23(25)27)33-32-19-6-4-18-15-20(43(37,38)39)7-5-17(18)14-19/h1-16,36H,31H2,(H,37,38,39)(H,40,41,42)/b33-32+,35-34+. The van der Waals surface area contributed by atoms with Crippen molar-refractivity contribution in [2.45, 2.75) is 9.79 Å². The van der Waals surface area contributed by atoms with Gasteiger partial charge in [-0.15, -0.1) is 15.3 Å². The van der Waals surface area contributed by atoms with Crippen molar-refractivity contribution in [2.24, 2.45) is 20.5 Å². The Labute approximate surface area is 250 Å². The molecule has 0 spiro atoms. The number of nitrogens with two attached hydrogens (primary N) is 1. The van der Waals surface area contributed by atoms with Gasteiger partial charge in [0.25, 0.3) is 20.2 Å². The maximum absolute atomic E-state index is 11.9. The molecular formula is C30H21N5O7S2. The van der Waals surface area contributed by atoms with Crippen LogP contribution in [0.15, 0.2) is 127 Å². The molecular weight excluding hydrogens is 606 g/mol. The first-order valence-corrected chi connectivity index (χ1v) is 15.7. The van der Waals surface area contributed by atoms with Crippen LogP contribution in [-0.4, -0.2) is 31.0 Å². The van der Waals surface area contributed by atoms with Crippen LogP contribution < -0.4 is 5.73 Å². The predicted octanol–water partition coefficient (Wildman–Crippen LogP) is 7.76. The number of benzene rings is 6. The summed E-state index contributed by atoms with van der Waals surface area (Å²) < 4.78 is 65.7. The van der Waals surface area contributed by atoms with Gasteiger partial charge in [-0.2, -0.15) is 21.9 Å². The molecule has 0 aliphatic heterocycles. The number of phenols is 1. The molecule has 0 saturated carbocycles. The Morgan fingerprint density at radius 2 is 1.16 bits per heavy atom. The van der Waals surface area contributed by atoms with Crippen molar-refractivity contribution < 1.29 is 31.0 Å². The molecule has 14 heteroatoms. The lowest BCUT2D eigenvalue weighted by atomic mass is 10.1. The van der Waals surface area contributed by atoms with Crippen LogP contribution >= 0.6 is 0 Å². The zero-order valence-electron chi connectivity index (χ0n) is 22.4. The molecule has 0 atom stereocenters. The number of fused-ring (bicyclic) bond motifs is 3.